The van der Waals surface area contributed by atoms with Gasteiger partial charge in [-0.3, -0.25) is 4.90 Å². The van der Waals surface area contributed by atoms with Gasteiger partial charge in [0.15, 0.2) is 0 Å². The van der Waals surface area contributed by atoms with Gasteiger partial charge in [-0.15, -0.1) is 0 Å². The summed E-state index contributed by atoms with van der Waals surface area (Å²) in [5, 5.41) is 3.23. The lowest BCUT2D eigenvalue weighted by molar-refractivity contribution is 0.0386. The van der Waals surface area contributed by atoms with Gasteiger partial charge in [0.25, 0.3) is 0 Å². The minimum atomic E-state index is 0.886. The smallest absolute Gasteiger partial charge is 0.0594 e. The molecule has 66 valence electrons. The van der Waals surface area contributed by atoms with Crippen LogP contribution in [-0.2, 0) is 4.74 Å². The summed E-state index contributed by atoms with van der Waals surface area (Å²) in [5.74, 6) is 0. The molecule has 0 saturated carbocycles. The SMILES string of the molecule is BrCNCCN1CCOCC1. The van der Waals surface area contributed by atoms with Crippen molar-refractivity contribution in [3.05, 3.63) is 0 Å². The second kappa shape index (κ2) is 5.94. The van der Waals surface area contributed by atoms with Crippen LogP contribution >= 0.6 is 15.9 Å². The molecule has 0 atom stereocenters. The predicted molar refractivity (Wildman–Crippen MR) is 49.1 cm³/mol. The van der Waals surface area contributed by atoms with E-state index in [9.17, 15) is 0 Å². The highest BCUT2D eigenvalue weighted by atomic mass is 79.9. The largest absolute Gasteiger partial charge is 0.379 e. The van der Waals surface area contributed by atoms with Crippen LogP contribution in [0.25, 0.3) is 0 Å². The van der Waals surface area contributed by atoms with Gasteiger partial charge in [-0.25, -0.2) is 0 Å². The van der Waals surface area contributed by atoms with Crippen molar-refractivity contribution >= 4 is 15.9 Å². The molecular formula is C7H15BrN2O. The molecule has 1 fully saturated rings. The molecule has 0 aromatic carbocycles. The van der Waals surface area contributed by atoms with Gasteiger partial charge in [-0.05, 0) is 0 Å². The van der Waals surface area contributed by atoms with Crippen LogP contribution in [0.5, 0.6) is 0 Å². The molecule has 1 aliphatic heterocycles. The Morgan fingerprint density at radius 2 is 2.09 bits per heavy atom. The van der Waals surface area contributed by atoms with Crippen molar-refractivity contribution in [1.82, 2.24) is 10.2 Å². The minimum absolute atomic E-state index is 0.886. The Kier molecular flexibility index (Phi) is 5.10. The van der Waals surface area contributed by atoms with Crippen LogP contribution in [0.1, 0.15) is 0 Å². The van der Waals surface area contributed by atoms with E-state index in [4.69, 9.17) is 4.74 Å². The summed E-state index contributed by atoms with van der Waals surface area (Å²) in [7, 11) is 0. The van der Waals surface area contributed by atoms with Gasteiger partial charge in [0.2, 0.25) is 0 Å². The molecule has 1 N–H and O–H groups in total. The highest BCUT2D eigenvalue weighted by Gasteiger charge is 2.08. The molecule has 0 radical (unpaired) electrons. The van der Waals surface area contributed by atoms with Gasteiger partial charge in [0.05, 0.1) is 18.7 Å². The zero-order valence-corrected chi connectivity index (χ0v) is 8.27. The first-order valence-corrected chi connectivity index (χ1v) is 5.12. The van der Waals surface area contributed by atoms with Crippen molar-refractivity contribution in [3.63, 3.8) is 0 Å². The van der Waals surface area contributed by atoms with E-state index in [0.29, 0.717) is 0 Å². The first-order valence-electron chi connectivity index (χ1n) is 4.00. The molecular weight excluding hydrogens is 208 g/mol. The van der Waals surface area contributed by atoms with Crippen molar-refractivity contribution in [2.75, 3.05) is 44.8 Å². The van der Waals surface area contributed by atoms with Crippen molar-refractivity contribution in [2.24, 2.45) is 0 Å². The molecule has 0 aromatic rings. The molecule has 1 rings (SSSR count). The average Bonchev–Trinajstić information content (AvgIpc) is 2.07. The number of morpholine rings is 1. The Balaban J connectivity index is 1.96. The second-order valence-electron chi connectivity index (χ2n) is 2.59. The van der Waals surface area contributed by atoms with E-state index in [0.717, 1.165) is 44.8 Å². The minimum Gasteiger partial charge on any atom is -0.379 e. The van der Waals surface area contributed by atoms with Crippen LogP contribution in [0.15, 0.2) is 0 Å². The van der Waals surface area contributed by atoms with Gasteiger partial charge in [-0.1, -0.05) is 15.9 Å². The molecule has 3 nitrogen and oxygen atoms in total. The van der Waals surface area contributed by atoms with Gasteiger partial charge in [0, 0.05) is 26.2 Å². The summed E-state index contributed by atoms with van der Waals surface area (Å²) in [4.78, 5) is 2.42. The summed E-state index contributed by atoms with van der Waals surface area (Å²) in [6.07, 6.45) is 0. The maximum Gasteiger partial charge on any atom is 0.0594 e. The number of hydrogen-bond acceptors (Lipinski definition) is 3. The van der Waals surface area contributed by atoms with Crippen molar-refractivity contribution in [3.8, 4) is 0 Å². The standard InChI is InChI=1S/C7H15BrN2O/c8-7-9-1-2-10-3-5-11-6-4-10/h9H,1-7H2. The van der Waals surface area contributed by atoms with Crippen LogP contribution in [-0.4, -0.2) is 49.7 Å². The molecule has 0 aromatic heterocycles. The monoisotopic (exact) mass is 222 g/mol. The van der Waals surface area contributed by atoms with Gasteiger partial charge in [0.1, 0.15) is 0 Å². The van der Waals surface area contributed by atoms with Crippen LogP contribution in [0, 0.1) is 0 Å². The van der Waals surface area contributed by atoms with E-state index in [-0.39, 0.29) is 0 Å². The normalized spacial score (nSPS) is 20.5. The van der Waals surface area contributed by atoms with Crippen molar-refractivity contribution in [2.45, 2.75) is 0 Å². The Morgan fingerprint density at radius 1 is 1.36 bits per heavy atom. The fourth-order valence-electron chi connectivity index (χ4n) is 1.13. The third kappa shape index (κ3) is 4.06. The first-order chi connectivity index (χ1) is 5.43. The fraction of sp³-hybridized carbons (Fsp3) is 1.00. The van der Waals surface area contributed by atoms with Crippen LogP contribution < -0.4 is 5.32 Å². The van der Waals surface area contributed by atoms with Gasteiger partial charge < -0.3 is 10.1 Å². The summed E-state index contributed by atoms with van der Waals surface area (Å²) >= 11 is 3.32. The number of halogens is 1. The molecule has 0 spiro atoms. The van der Waals surface area contributed by atoms with E-state index in [1.54, 1.807) is 0 Å². The van der Waals surface area contributed by atoms with Crippen molar-refractivity contribution < 1.29 is 4.74 Å². The van der Waals surface area contributed by atoms with Gasteiger partial charge >= 0.3 is 0 Å². The molecule has 1 heterocycles. The molecule has 0 amide bonds. The van der Waals surface area contributed by atoms with Crippen molar-refractivity contribution in [1.29, 1.82) is 0 Å². The molecule has 0 aliphatic carbocycles. The summed E-state index contributed by atoms with van der Waals surface area (Å²) in [6.45, 7) is 6.16. The summed E-state index contributed by atoms with van der Waals surface area (Å²) in [5.41, 5.74) is 0.886. The maximum atomic E-state index is 5.23. The zero-order valence-electron chi connectivity index (χ0n) is 6.68. The number of alkyl halides is 1. The third-order valence-electron chi connectivity index (χ3n) is 1.80. The maximum absolute atomic E-state index is 5.23. The number of hydrogen-bond donors (Lipinski definition) is 1. The van der Waals surface area contributed by atoms with E-state index in [2.05, 4.69) is 26.1 Å². The third-order valence-corrected chi connectivity index (χ3v) is 2.20. The van der Waals surface area contributed by atoms with Crippen LogP contribution in [0.4, 0.5) is 0 Å². The van der Waals surface area contributed by atoms with Crippen LogP contribution in [0.2, 0.25) is 0 Å². The lowest BCUT2D eigenvalue weighted by Crippen LogP contribution is -2.40. The lowest BCUT2D eigenvalue weighted by atomic mass is 10.4. The second-order valence-corrected chi connectivity index (χ2v) is 3.15. The Labute approximate surface area is 76.2 Å². The molecule has 11 heavy (non-hydrogen) atoms. The molecule has 0 bridgehead atoms. The number of nitrogens with one attached hydrogen (secondary N) is 1. The summed E-state index contributed by atoms with van der Waals surface area (Å²) < 4.78 is 5.23. The highest BCUT2D eigenvalue weighted by molar-refractivity contribution is 9.09. The van der Waals surface area contributed by atoms with E-state index in [1.807, 2.05) is 0 Å². The van der Waals surface area contributed by atoms with Crippen LogP contribution in [0.3, 0.4) is 0 Å². The zero-order chi connectivity index (χ0) is 7.94. The first kappa shape index (κ1) is 9.45. The summed E-state index contributed by atoms with van der Waals surface area (Å²) in [6, 6.07) is 0. The average molecular weight is 223 g/mol. The number of ether oxygens (including phenoxy) is 1. The molecule has 4 heteroatoms. The highest BCUT2D eigenvalue weighted by Crippen LogP contribution is 1.94. The Morgan fingerprint density at radius 3 is 2.73 bits per heavy atom. The topological polar surface area (TPSA) is 24.5 Å². The molecule has 1 saturated heterocycles. The fourth-order valence-corrected chi connectivity index (χ4v) is 1.41. The Hall–Kier alpha value is 0.360. The van der Waals surface area contributed by atoms with E-state index in [1.165, 1.54) is 0 Å². The van der Waals surface area contributed by atoms with E-state index < -0.39 is 0 Å². The molecule has 1 aliphatic rings. The quantitative estimate of drug-likeness (QED) is 0.420. The lowest BCUT2D eigenvalue weighted by Gasteiger charge is -2.26. The van der Waals surface area contributed by atoms with E-state index >= 15 is 0 Å². The number of rotatable bonds is 4. The Bertz CT molecular complexity index is 96.4. The molecule has 0 unspecified atom stereocenters. The predicted octanol–water partition coefficient (Wildman–Crippen LogP) is 0.261. The number of nitrogens with zero attached hydrogens (tertiary/aromatic N) is 1. The van der Waals surface area contributed by atoms with Gasteiger partial charge in [-0.2, -0.15) is 0 Å².